The molecule has 1 aliphatic heterocycles. The summed E-state index contributed by atoms with van der Waals surface area (Å²) in [5.74, 6) is 0.200. The van der Waals surface area contributed by atoms with Gasteiger partial charge in [0.2, 0.25) is 0 Å². The minimum Gasteiger partial charge on any atom is -0.507 e. The first-order chi connectivity index (χ1) is 9.56. The standard InChI is InChI=1S/C14H20N2O4/c1-9-8-20-11(6-15)7-16(9)14(18)12-4-3-10(19-2)5-13(12)17/h3-5,9,11,17H,6-8,15H2,1-2H3. The molecule has 2 unspecified atom stereocenters. The minimum absolute atomic E-state index is 0.0493. The van der Waals surface area contributed by atoms with Crippen molar-refractivity contribution in [2.24, 2.45) is 5.73 Å². The number of benzene rings is 1. The van der Waals surface area contributed by atoms with Gasteiger partial charge in [0.25, 0.3) is 5.91 Å². The molecule has 0 aromatic heterocycles. The van der Waals surface area contributed by atoms with Crippen LogP contribution >= 0.6 is 0 Å². The Morgan fingerprint density at radius 3 is 2.95 bits per heavy atom. The van der Waals surface area contributed by atoms with E-state index in [9.17, 15) is 9.90 Å². The number of rotatable bonds is 3. The van der Waals surface area contributed by atoms with Crippen LogP contribution in [-0.2, 0) is 4.74 Å². The van der Waals surface area contributed by atoms with Crippen molar-refractivity contribution in [1.82, 2.24) is 4.90 Å². The van der Waals surface area contributed by atoms with Gasteiger partial charge >= 0.3 is 0 Å². The lowest BCUT2D eigenvalue weighted by Crippen LogP contribution is -2.52. The molecule has 0 saturated carbocycles. The van der Waals surface area contributed by atoms with E-state index in [1.165, 1.54) is 13.2 Å². The molecule has 6 heteroatoms. The Morgan fingerprint density at radius 2 is 2.35 bits per heavy atom. The molecular formula is C14H20N2O4. The van der Waals surface area contributed by atoms with Crippen LogP contribution in [0.5, 0.6) is 11.5 Å². The van der Waals surface area contributed by atoms with Gasteiger partial charge in [-0.1, -0.05) is 0 Å². The molecule has 2 atom stereocenters. The number of nitrogens with zero attached hydrogens (tertiary/aromatic N) is 1. The van der Waals surface area contributed by atoms with Crippen LogP contribution in [0.25, 0.3) is 0 Å². The Morgan fingerprint density at radius 1 is 1.60 bits per heavy atom. The second-order valence-corrected chi connectivity index (χ2v) is 4.88. The van der Waals surface area contributed by atoms with Gasteiger partial charge in [0, 0.05) is 19.2 Å². The summed E-state index contributed by atoms with van der Waals surface area (Å²) >= 11 is 0. The molecule has 1 amide bonds. The Bertz CT molecular complexity index is 492. The molecule has 1 heterocycles. The summed E-state index contributed by atoms with van der Waals surface area (Å²) in [6, 6.07) is 4.60. The highest BCUT2D eigenvalue weighted by molar-refractivity contribution is 5.97. The first-order valence-corrected chi connectivity index (χ1v) is 6.56. The van der Waals surface area contributed by atoms with E-state index in [0.717, 1.165) is 0 Å². The van der Waals surface area contributed by atoms with Crippen LogP contribution in [0.3, 0.4) is 0 Å². The molecule has 0 aliphatic carbocycles. The van der Waals surface area contributed by atoms with E-state index >= 15 is 0 Å². The fourth-order valence-corrected chi connectivity index (χ4v) is 2.22. The zero-order chi connectivity index (χ0) is 14.7. The third kappa shape index (κ3) is 2.86. The number of aromatic hydroxyl groups is 1. The van der Waals surface area contributed by atoms with Crippen LogP contribution in [0.15, 0.2) is 18.2 Å². The fourth-order valence-electron chi connectivity index (χ4n) is 2.22. The predicted molar refractivity (Wildman–Crippen MR) is 74.0 cm³/mol. The van der Waals surface area contributed by atoms with Crippen molar-refractivity contribution in [3.63, 3.8) is 0 Å². The van der Waals surface area contributed by atoms with Crippen molar-refractivity contribution >= 4 is 5.91 Å². The molecule has 0 bridgehead atoms. The normalized spacial score (nSPS) is 22.6. The summed E-state index contributed by atoms with van der Waals surface area (Å²) in [6.45, 7) is 3.16. The van der Waals surface area contributed by atoms with Crippen molar-refractivity contribution in [3.8, 4) is 11.5 Å². The van der Waals surface area contributed by atoms with Crippen molar-refractivity contribution in [2.45, 2.75) is 19.1 Å². The smallest absolute Gasteiger partial charge is 0.258 e. The van der Waals surface area contributed by atoms with Crippen molar-refractivity contribution in [1.29, 1.82) is 0 Å². The van der Waals surface area contributed by atoms with Crippen LogP contribution in [0.1, 0.15) is 17.3 Å². The quantitative estimate of drug-likeness (QED) is 0.846. The van der Waals surface area contributed by atoms with E-state index in [-0.39, 0.29) is 29.4 Å². The Balaban J connectivity index is 2.21. The lowest BCUT2D eigenvalue weighted by atomic mass is 10.1. The zero-order valence-corrected chi connectivity index (χ0v) is 11.7. The number of carbonyl (C=O) groups excluding carboxylic acids is 1. The second kappa shape index (κ2) is 6.11. The Labute approximate surface area is 118 Å². The third-order valence-electron chi connectivity index (χ3n) is 3.46. The Hall–Kier alpha value is -1.79. The van der Waals surface area contributed by atoms with Gasteiger partial charge in [-0.3, -0.25) is 4.79 Å². The molecule has 1 aromatic rings. The van der Waals surface area contributed by atoms with Gasteiger partial charge in [0.05, 0.1) is 31.4 Å². The average Bonchev–Trinajstić information content (AvgIpc) is 2.47. The third-order valence-corrected chi connectivity index (χ3v) is 3.46. The van der Waals surface area contributed by atoms with Crippen molar-refractivity contribution in [2.75, 3.05) is 26.8 Å². The maximum Gasteiger partial charge on any atom is 0.258 e. The number of ether oxygens (including phenoxy) is 2. The summed E-state index contributed by atoms with van der Waals surface area (Å²) < 4.78 is 10.5. The highest BCUT2D eigenvalue weighted by Gasteiger charge is 2.30. The van der Waals surface area contributed by atoms with Crippen LogP contribution in [-0.4, -0.2) is 54.9 Å². The molecule has 3 N–H and O–H groups in total. The molecule has 0 spiro atoms. The average molecular weight is 280 g/mol. The lowest BCUT2D eigenvalue weighted by molar-refractivity contribution is -0.0426. The van der Waals surface area contributed by atoms with E-state index < -0.39 is 0 Å². The first-order valence-electron chi connectivity index (χ1n) is 6.56. The van der Waals surface area contributed by atoms with E-state index in [2.05, 4.69) is 0 Å². The molecule has 1 aliphatic rings. The van der Waals surface area contributed by atoms with E-state index in [0.29, 0.717) is 25.4 Å². The second-order valence-electron chi connectivity index (χ2n) is 4.88. The maximum atomic E-state index is 12.5. The van der Waals surface area contributed by atoms with Gasteiger partial charge in [-0.25, -0.2) is 0 Å². The first kappa shape index (κ1) is 14.6. The van der Waals surface area contributed by atoms with Gasteiger partial charge in [-0.05, 0) is 19.1 Å². The van der Waals surface area contributed by atoms with Crippen LogP contribution in [0.4, 0.5) is 0 Å². The van der Waals surface area contributed by atoms with Gasteiger partial charge in [-0.15, -0.1) is 0 Å². The van der Waals surface area contributed by atoms with Gasteiger partial charge in [-0.2, -0.15) is 0 Å². The van der Waals surface area contributed by atoms with Crippen LogP contribution in [0, 0.1) is 0 Å². The molecule has 1 fully saturated rings. The summed E-state index contributed by atoms with van der Waals surface area (Å²) in [5, 5.41) is 9.95. The number of hydrogen-bond acceptors (Lipinski definition) is 5. The highest BCUT2D eigenvalue weighted by Crippen LogP contribution is 2.26. The number of methoxy groups -OCH3 is 1. The maximum absolute atomic E-state index is 12.5. The zero-order valence-electron chi connectivity index (χ0n) is 11.7. The van der Waals surface area contributed by atoms with Gasteiger partial charge < -0.3 is 25.2 Å². The van der Waals surface area contributed by atoms with Crippen molar-refractivity contribution < 1.29 is 19.4 Å². The number of phenolic OH excluding ortho intramolecular Hbond substituents is 1. The molecule has 0 radical (unpaired) electrons. The van der Waals surface area contributed by atoms with Crippen molar-refractivity contribution in [3.05, 3.63) is 23.8 Å². The monoisotopic (exact) mass is 280 g/mol. The number of carbonyl (C=O) groups is 1. The number of morpholine rings is 1. The molecular weight excluding hydrogens is 260 g/mol. The molecule has 6 nitrogen and oxygen atoms in total. The van der Waals surface area contributed by atoms with E-state index in [1.54, 1.807) is 17.0 Å². The van der Waals surface area contributed by atoms with Gasteiger partial charge in [0.15, 0.2) is 0 Å². The van der Waals surface area contributed by atoms with E-state index in [4.69, 9.17) is 15.2 Å². The number of nitrogens with two attached hydrogens (primary N) is 1. The molecule has 20 heavy (non-hydrogen) atoms. The molecule has 1 saturated heterocycles. The number of amides is 1. The Kier molecular flexibility index (Phi) is 4.46. The number of phenols is 1. The predicted octanol–water partition coefficient (Wildman–Crippen LogP) is 0.589. The summed E-state index contributed by atoms with van der Waals surface area (Å²) in [5.41, 5.74) is 5.85. The topological polar surface area (TPSA) is 85.0 Å². The van der Waals surface area contributed by atoms with Crippen LogP contribution < -0.4 is 10.5 Å². The largest absolute Gasteiger partial charge is 0.507 e. The summed E-state index contributed by atoms with van der Waals surface area (Å²) in [6.07, 6.45) is -0.157. The molecule has 110 valence electrons. The number of hydrogen-bond donors (Lipinski definition) is 2. The lowest BCUT2D eigenvalue weighted by Gasteiger charge is -2.37. The van der Waals surface area contributed by atoms with Crippen LogP contribution in [0.2, 0.25) is 0 Å². The molecule has 2 rings (SSSR count). The summed E-state index contributed by atoms with van der Waals surface area (Å²) in [7, 11) is 1.51. The van der Waals surface area contributed by atoms with Gasteiger partial charge in [0.1, 0.15) is 11.5 Å². The minimum atomic E-state index is -0.223. The molecule has 1 aromatic carbocycles. The summed E-state index contributed by atoms with van der Waals surface area (Å²) in [4.78, 5) is 14.2. The highest BCUT2D eigenvalue weighted by atomic mass is 16.5. The fraction of sp³-hybridized carbons (Fsp3) is 0.500. The van der Waals surface area contributed by atoms with E-state index in [1.807, 2.05) is 6.92 Å². The SMILES string of the molecule is COc1ccc(C(=O)N2CC(CN)OCC2C)c(O)c1.